The van der Waals surface area contributed by atoms with Gasteiger partial charge >= 0.3 is 5.97 Å². The smallest absolute Gasteiger partial charge is 0.335 e. The van der Waals surface area contributed by atoms with E-state index in [1.54, 1.807) is 24.3 Å². The van der Waals surface area contributed by atoms with Gasteiger partial charge in [0, 0.05) is 31.3 Å². The molecule has 1 aromatic carbocycles. The van der Waals surface area contributed by atoms with Gasteiger partial charge in [0.15, 0.2) is 0 Å². The summed E-state index contributed by atoms with van der Waals surface area (Å²) in [5, 5.41) is 13.8. The maximum absolute atomic E-state index is 13.0. The second-order valence-electron chi connectivity index (χ2n) is 6.85. The molecule has 2 heterocycles. The number of carboxylic acid groups (broad SMARTS) is 1. The highest BCUT2D eigenvalue weighted by molar-refractivity contribution is 5.89. The van der Waals surface area contributed by atoms with E-state index < -0.39 is 5.97 Å². The fourth-order valence-corrected chi connectivity index (χ4v) is 3.75. The number of hydrogen-bond donors (Lipinski definition) is 1. The van der Waals surface area contributed by atoms with Gasteiger partial charge in [-0.25, -0.2) is 4.79 Å². The molecule has 3 rings (SSSR count). The largest absolute Gasteiger partial charge is 0.478 e. The Hall–Kier alpha value is -2.67. The SMILES string of the molecule is Cc1nn(C)c(C)c1C1COCCN1C(=O)CCc1ccccc1C(=O)O. The second kappa shape index (κ2) is 7.92. The monoisotopic (exact) mass is 371 g/mol. The molecular formula is C20H25N3O4. The maximum Gasteiger partial charge on any atom is 0.335 e. The van der Waals surface area contributed by atoms with Crippen molar-refractivity contribution in [2.45, 2.75) is 32.7 Å². The number of hydrogen-bond acceptors (Lipinski definition) is 4. The van der Waals surface area contributed by atoms with Gasteiger partial charge in [-0.2, -0.15) is 5.10 Å². The van der Waals surface area contributed by atoms with E-state index >= 15 is 0 Å². The molecule has 1 fully saturated rings. The number of morpholine rings is 1. The molecule has 7 heteroatoms. The Bertz CT molecular complexity index is 859. The van der Waals surface area contributed by atoms with Crippen LogP contribution in [0.3, 0.4) is 0 Å². The van der Waals surface area contributed by atoms with Crippen molar-refractivity contribution >= 4 is 11.9 Å². The third kappa shape index (κ3) is 3.88. The Morgan fingerprint density at radius 3 is 2.70 bits per heavy atom. The minimum atomic E-state index is -0.969. The van der Waals surface area contributed by atoms with Crippen LogP contribution in [-0.2, 0) is 23.0 Å². The zero-order valence-corrected chi connectivity index (χ0v) is 15.9. The Kier molecular flexibility index (Phi) is 5.60. The molecule has 1 N–H and O–H groups in total. The molecule has 1 aliphatic rings. The summed E-state index contributed by atoms with van der Waals surface area (Å²) in [6.45, 7) is 5.42. The lowest BCUT2D eigenvalue weighted by molar-refractivity contribution is -0.140. The van der Waals surface area contributed by atoms with E-state index in [1.807, 2.05) is 30.5 Å². The zero-order valence-electron chi connectivity index (χ0n) is 15.9. The second-order valence-corrected chi connectivity index (χ2v) is 6.85. The van der Waals surface area contributed by atoms with Gasteiger partial charge in [-0.05, 0) is 31.9 Å². The van der Waals surface area contributed by atoms with Crippen LogP contribution < -0.4 is 0 Å². The molecular weight excluding hydrogens is 346 g/mol. The quantitative estimate of drug-likeness (QED) is 0.872. The summed E-state index contributed by atoms with van der Waals surface area (Å²) in [6, 6.07) is 6.67. The van der Waals surface area contributed by atoms with Gasteiger partial charge in [0.05, 0.1) is 30.5 Å². The molecule has 1 aliphatic heterocycles. The van der Waals surface area contributed by atoms with E-state index in [-0.39, 0.29) is 23.9 Å². The first-order valence-corrected chi connectivity index (χ1v) is 9.08. The number of carbonyl (C=O) groups excluding carboxylic acids is 1. The Morgan fingerprint density at radius 2 is 2.04 bits per heavy atom. The van der Waals surface area contributed by atoms with Crippen molar-refractivity contribution in [2.75, 3.05) is 19.8 Å². The van der Waals surface area contributed by atoms with Crippen LogP contribution in [0.4, 0.5) is 0 Å². The number of benzene rings is 1. The molecule has 0 spiro atoms. The van der Waals surface area contributed by atoms with Crippen LogP contribution in [0, 0.1) is 13.8 Å². The molecule has 0 bridgehead atoms. The first kappa shape index (κ1) is 19.1. The molecule has 1 saturated heterocycles. The Balaban J connectivity index is 1.77. The van der Waals surface area contributed by atoms with Gasteiger partial charge in [0.25, 0.3) is 0 Å². The molecule has 1 aromatic heterocycles. The van der Waals surface area contributed by atoms with Crippen molar-refractivity contribution in [3.05, 3.63) is 52.3 Å². The van der Waals surface area contributed by atoms with Crippen LogP contribution in [0.1, 0.15) is 45.3 Å². The summed E-state index contributed by atoms with van der Waals surface area (Å²) in [4.78, 5) is 26.2. The van der Waals surface area contributed by atoms with Crippen LogP contribution in [0.2, 0.25) is 0 Å². The third-order valence-electron chi connectivity index (χ3n) is 5.20. The molecule has 0 saturated carbocycles. The minimum Gasteiger partial charge on any atom is -0.478 e. The number of aromatic nitrogens is 2. The molecule has 1 amide bonds. The molecule has 2 aromatic rings. The van der Waals surface area contributed by atoms with Gasteiger partial charge in [0.1, 0.15) is 0 Å². The summed E-state index contributed by atoms with van der Waals surface area (Å²) in [5.41, 5.74) is 3.90. The van der Waals surface area contributed by atoms with Gasteiger partial charge in [-0.15, -0.1) is 0 Å². The van der Waals surface area contributed by atoms with E-state index in [9.17, 15) is 14.7 Å². The average Bonchev–Trinajstić information content (AvgIpc) is 2.91. The number of ether oxygens (including phenoxy) is 1. The summed E-state index contributed by atoms with van der Waals surface area (Å²) in [7, 11) is 1.89. The van der Waals surface area contributed by atoms with Gasteiger partial charge in [0.2, 0.25) is 5.91 Å². The molecule has 1 atom stereocenters. The molecule has 0 radical (unpaired) electrons. The van der Waals surface area contributed by atoms with Crippen LogP contribution >= 0.6 is 0 Å². The van der Waals surface area contributed by atoms with Crippen molar-refractivity contribution in [3.63, 3.8) is 0 Å². The number of rotatable bonds is 5. The van der Waals surface area contributed by atoms with Crippen molar-refractivity contribution < 1.29 is 19.4 Å². The molecule has 7 nitrogen and oxygen atoms in total. The van der Waals surface area contributed by atoms with Crippen LogP contribution in [0.15, 0.2) is 24.3 Å². The maximum atomic E-state index is 13.0. The molecule has 144 valence electrons. The van der Waals surface area contributed by atoms with Crippen LogP contribution in [0.25, 0.3) is 0 Å². The highest BCUT2D eigenvalue weighted by Crippen LogP contribution is 2.30. The predicted octanol–water partition coefficient (Wildman–Crippen LogP) is 2.27. The van der Waals surface area contributed by atoms with Crippen molar-refractivity contribution in [3.8, 4) is 0 Å². The fourth-order valence-electron chi connectivity index (χ4n) is 3.75. The Morgan fingerprint density at radius 1 is 1.30 bits per heavy atom. The molecule has 27 heavy (non-hydrogen) atoms. The number of carbonyl (C=O) groups is 2. The first-order chi connectivity index (χ1) is 12.9. The van der Waals surface area contributed by atoms with E-state index in [0.29, 0.717) is 31.7 Å². The number of nitrogens with zero attached hydrogens (tertiary/aromatic N) is 3. The lowest BCUT2D eigenvalue weighted by atomic mass is 10.00. The summed E-state index contributed by atoms with van der Waals surface area (Å²) in [5.74, 6) is -0.963. The van der Waals surface area contributed by atoms with Gasteiger partial charge in [-0.1, -0.05) is 18.2 Å². The summed E-state index contributed by atoms with van der Waals surface area (Å²) < 4.78 is 7.47. The van der Waals surface area contributed by atoms with E-state index in [4.69, 9.17) is 4.74 Å². The lowest BCUT2D eigenvalue weighted by Crippen LogP contribution is -2.43. The predicted molar refractivity (Wildman–Crippen MR) is 99.7 cm³/mol. The van der Waals surface area contributed by atoms with Crippen LogP contribution in [0.5, 0.6) is 0 Å². The number of aromatic carboxylic acids is 1. The Labute approximate surface area is 158 Å². The molecule has 0 aliphatic carbocycles. The summed E-state index contributed by atoms with van der Waals surface area (Å²) in [6.07, 6.45) is 0.662. The lowest BCUT2D eigenvalue weighted by Gasteiger charge is -2.36. The third-order valence-corrected chi connectivity index (χ3v) is 5.20. The van der Waals surface area contributed by atoms with Crippen molar-refractivity contribution in [1.29, 1.82) is 0 Å². The van der Waals surface area contributed by atoms with Crippen molar-refractivity contribution in [2.24, 2.45) is 7.05 Å². The van der Waals surface area contributed by atoms with Gasteiger partial charge < -0.3 is 14.7 Å². The minimum absolute atomic E-state index is 0.00569. The molecule has 1 unspecified atom stereocenters. The van der Waals surface area contributed by atoms with E-state index in [0.717, 1.165) is 17.0 Å². The van der Waals surface area contributed by atoms with Crippen LogP contribution in [-0.4, -0.2) is 51.4 Å². The zero-order chi connectivity index (χ0) is 19.6. The number of carboxylic acids is 1. The first-order valence-electron chi connectivity index (χ1n) is 9.08. The van der Waals surface area contributed by atoms with E-state index in [2.05, 4.69) is 5.10 Å². The highest BCUT2D eigenvalue weighted by atomic mass is 16.5. The topological polar surface area (TPSA) is 84.7 Å². The highest BCUT2D eigenvalue weighted by Gasteiger charge is 2.32. The van der Waals surface area contributed by atoms with Crippen molar-refractivity contribution in [1.82, 2.24) is 14.7 Å². The fraction of sp³-hybridized carbons (Fsp3) is 0.450. The average molecular weight is 371 g/mol. The number of amides is 1. The normalized spacial score (nSPS) is 17.1. The van der Waals surface area contributed by atoms with E-state index in [1.165, 1.54) is 0 Å². The number of aryl methyl sites for hydroxylation is 3. The summed E-state index contributed by atoms with van der Waals surface area (Å²) >= 11 is 0. The van der Waals surface area contributed by atoms with Gasteiger partial charge in [-0.3, -0.25) is 9.48 Å². The standard InChI is InChI=1S/C20H25N3O4/c1-13-19(14(2)22(3)21-13)17-12-27-11-10-23(17)18(24)9-8-15-6-4-5-7-16(15)20(25)26/h4-7,17H,8-12H2,1-3H3,(H,25,26).